The van der Waals surface area contributed by atoms with Crippen LogP contribution in [-0.4, -0.2) is 40.8 Å². The molecule has 7 heteroatoms. The fourth-order valence-corrected chi connectivity index (χ4v) is 4.36. The highest BCUT2D eigenvalue weighted by Crippen LogP contribution is 2.53. The number of amides is 2. The number of pyridine rings is 1. The summed E-state index contributed by atoms with van der Waals surface area (Å²) < 4.78 is 4.99. The molecule has 3 atom stereocenters. The van der Waals surface area contributed by atoms with Gasteiger partial charge in [0.15, 0.2) is 5.54 Å². The van der Waals surface area contributed by atoms with Gasteiger partial charge in [-0.15, -0.1) is 0 Å². The van der Waals surface area contributed by atoms with Crippen molar-refractivity contribution in [1.29, 1.82) is 0 Å². The third kappa shape index (κ3) is 2.27. The highest BCUT2D eigenvalue weighted by molar-refractivity contribution is 6.12. The molecule has 0 unspecified atom stereocenters. The van der Waals surface area contributed by atoms with Gasteiger partial charge in [0, 0.05) is 23.5 Å². The predicted octanol–water partition coefficient (Wildman–Crippen LogP) is 1.95. The summed E-state index contributed by atoms with van der Waals surface area (Å²) in [5.41, 5.74) is -0.00711. The highest BCUT2D eigenvalue weighted by atomic mass is 16.5. The van der Waals surface area contributed by atoms with Gasteiger partial charge in [-0.3, -0.25) is 19.4 Å². The van der Waals surface area contributed by atoms with Crippen LogP contribution < -0.4 is 5.32 Å². The molecule has 0 radical (unpaired) electrons. The van der Waals surface area contributed by atoms with Gasteiger partial charge in [-0.2, -0.15) is 0 Å². The van der Waals surface area contributed by atoms with Gasteiger partial charge < -0.3 is 15.0 Å². The van der Waals surface area contributed by atoms with E-state index in [1.54, 1.807) is 42.5 Å². The van der Waals surface area contributed by atoms with Crippen LogP contribution in [0.5, 0.6) is 0 Å². The minimum atomic E-state index is -1.45. The Kier molecular flexibility index (Phi) is 3.95. The van der Waals surface area contributed by atoms with Crippen molar-refractivity contribution in [2.24, 2.45) is 5.92 Å². The Balaban J connectivity index is 1.94. The standard InChI is InChI=1S/C20H19N3O4/c1-12-11-14(18(25)27-2)20(13-7-3-4-8-15(13)22-19(20)26)23(12)17(24)16-9-5-6-10-21-16/h3-10,12,14H,11H2,1-2H3,(H,22,26)/t12-,14-,20+/m0/s1. The second kappa shape index (κ2) is 6.19. The normalized spacial score (nSPS) is 26.0. The molecule has 2 aromatic rings. The van der Waals surface area contributed by atoms with Crippen LogP contribution in [0.15, 0.2) is 48.7 Å². The molecule has 1 aromatic carbocycles. The topological polar surface area (TPSA) is 88.6 Å². The number of methoxy groups -OCH3 is 1. The van der Waals surface area contributed by atoms with Crippen molar-refractivity contribution in [3.05, 3.63) is 59.9 Å². The Labute approximate surface area is 156 Å². The molecule has 2 aliphatic heterocycles. The number of rotatable bonds is 2. The van der Waals surface area contributed by atoms with Gasteiger partial charge in [-0.1, -0.05) is 24.3 Å². The van der Waals surface area contributed by atoms with Crippen LogP contribution in [0.4, 0.5) is 5.69 Å². The van der Waals surface area contributed by atoms with Crippen LogP contribution in [0.3, 0.4) is 0 Å². The molecule has 0 saturated carbocycles. The van der Waals surface area contributed by atoms with Crippen LogP contribution in [0.2, 0.25) is 0 Å². The molecule has 27 heavy (non-hydrogen) atoms. The first-order chi connectivity index (χ1) is 13.0. The Morgan fingerprint density at radius 3 is 2.67 bits per heavy atom. The summed E-state index contributed by atoms with van der Waals surface area (Å²) in [5, 5.41) is 2.83. The number of aromatic nitrogens is 1. The second-order valence-electron chi connectivity index (χ2n) is 6.82. The molecule has 0 aliphatic carbocycles. The van der Waals surface area contributed by atoms with Crippen LogP contribution in [0.1, 0.15) is 29.4 Å². The predicted molar refractivity (Wildman–Crippen MR) is 96.7 cm³/mol. The summed E-state index contributed by atoms with van der Waals surface area (Å²) in [7, 11) is 1.29. The van der Waals surface area contributed by atoms with E-state index in [4.69, 9.17) is 4.74 Å². The van der Waals surface area contributed by atoms with Gasteiger partial charge in [0.05, 0.1) is 13.0 Å². The van der Waals surface area contributed by atoms with Crippen molar-refractivity contribution in [2.75, 3.05) is 12.4 Å². The number of benzene rings is 1. The quantitative estimate of drug-likeness (QED) is 0.822. The lowest BCUT2D eigenvalue weighted by atomic mass is 9.79. The van der Waals surface area contributed by atoms with Crippen molar-refractivity contribution in [3.63, 3.8) is 0 Å². The summed E-state index contributed by atoms with van der Waals surface area (Å²) in [4.78, 5) is 44.9. The smallest absolute Gasteiger partial charge is 0.312 e. The number of esters is 1. The number of anilines is 1. The van der Waals surface area contributed by atoms with E-state index in [0.29, 0.717) is 17.7 Å². The van der Waals surface area contributed by atoms with E-state index in [2.05, 4.69) is 10.3 Å². The number of fused-ring (bicyclic) bond motifs is 2. The molecule has 2 aliphatic rings. The van der Waals surface area contributed by atoms with Gasteiger partial charge >= 0.3 is 5.97 Å². The number of ether oxygens (including phenoxy) is 1. The van der Waals surface area contributed by atoms with Crippen molar-refractivity contribution < 1.29 is 19.1 Å². The van der Waals surface area contributed by atoms with E-state index in [1.807, 2.05) is 6.92 Å². The Bertz CT molecular complexity index is 930. The number of likely N-dealkylation sites (tertiary alicyclic amines) is 1. The maximum Gasteiger partial charge on any atom is 0.312 e. The van der Waals surface area contributed by atoms with Crippen molar-refractivity contribution in [3.8, 4) is 0 Å². The molecule has 0 bridgehead atoms. The zero-order chi connectivity index (χ0) is 19.2. The lowest BCUT2D eigenvalue weighted by molar-refractivity contribution is -0.151. The monoisotopic (exact) mass is 365 g/mol. The molecular formula is C20H19N3O4. The van der Waals surface area contributed by atoms with Gasteiger partial charge in [-0.25, -0.2) is 0 Å². The second-order valence-corrected chi connectivity index (χ2v) is 6.82. The Morgan fingerprint density at radius 1 is 1.22 bits per heavy atom. The Morgan fingerprint density at radius 2 is 1.96 bits per heavy atom. The molecule has 1 fully saturated rings. The van der Waals surface area contributed by atoms with Crippen molar-refractivity contribution in [2.45, 2.75) is 24.9 Å². The number of para-hydroxylation sites is 1. The number of hydrogen-bond donors (Lipinski definition) is 1. The molecule has 2 amide bonds. The molecular weight excluding hydrogens is 346 g/mol. The van der Waals surface area contributed by atoms with Crippen molar-refractivity contribution >= 4 is 23.5 Å². The van der Waals surface area contributed by atoms with Crippen LogP contribution in [0.25, 0.3) is 0 Å². The van der Waals surface area contributed by atoms with Crippen LogP contribution in [-0.2, 0) is 19.9 Å². The first-order valence-corrected chi connectivity index (χ1v) is 8.75. The minimum Gasteiger partial charge on any atom is -0.469 e. The Hall–Kier alpha value is -3.22. The highest BCUT2D eigenvalue weighted by Gasteiger charge is 2.66. The van der Waals surface area contributed by atoms with E-state index >= 15 is 0 Å². The SMILES string of the molecule is COC(=O)[C@@H]1C[C@H](C)N(C(=O)c2ccccn2)[C@@]12C(=O)Nc1ccccc12. The maximum absolute atomic E-state index is 13.4. The zero-order valence-electron chi connectivity index (χ0n) is 15.0. The van der Waals surface area contributed by atoms with E-state index in [1.165, 1.54) is 18.2 Å². The summed E-state index contributed by atoms with van der Waals surface area (Å²) in [6, 6.07) is 11.8. The number of carbonyl (C=O) groups is 3. The van der Waals surface area contributed by atoms with Crippen LogP contribution in [0, 0.1) is 5.92 Å². The number of hydrogen-bond acceptors (Lipinski definition) is 5. The summed E-state index contributed by atoms with van der Waals surface area (Å²) >= 11 is 0. The number of nitrogens with zero attached hydrogens (tertiary/aromatic N) is 2. The number of nitrogens with one attached hydrogen (secondary N) is 1. The minimum absolute atomic E-state index is 0.228. The van der Waals surface area contributed by atoms with E-state index in [-0.39, 0.29) is 17.6 Å². The van der Waals surface area contributed by atoms with Gasteiger partial charge in [-0.05, 0) is 31.5 Å². The largest absolute Gasteiger partial charge is 0.469 e. The average molecular weight is 365 g/mol. The zero-order valence-corrected chi connectivity index (χ0v) is 15.0. The van der Waals surface area contributed by atoms with Crippen molar-refractivity contribution in [1.82, 2.24) is 9.88 Å². The lowest BCUT2D eigenvalue weighted by Crippen LogP contribution is -2.56. The van der Waals surface area contributed by atoms with Gasteiger partial charge in [0.25, 0.3) is 11.8 Å². The fourth-order valence-electron chi connectivity index (χ4n) is 4.36. The molecule has 7 nitrogen and oxygen atoms in total. The fraction of sp³-hybridized carbons (Fsp3) is 0.300. The van der Waals surface area contributed by atoms with Gasteiger partial charge in [0.1, 0.15) is 5.69 Å². The van der Waals surface area contributed by atoms with Gasteiger partial charge in [0.2, 0.25) is 0 Å². The third-order valence-electron chi connectivity index (χ3n) is 5.42. The third-order valence-corrected chi connectivity index (χ3v) is 5.42. The molecule has 3 heterocycles. The van der Waals surface area contributed by atoms with E-state index in [0.717, 1.165) is 0 Å². The maximum atomic E-state index is 13.4. The average Bonchev–Trinajstić information content (AvgIpc) is 3.16. The molecule has 1 saturated heterocycles. The van der Waals surface area contributed by atoms with Crippen LogP contribution >= 0.6 is 0 Å². The molecule has 1 N–H and O–H groups in total. The summed E-state index contributed by atoms with van der Waals surface area (Å²) in [5.74, 6) is -2.09. The molecule has 4 rings (SSSR count). The molecule has 138 valence electrons. The van der Waals surface area contributed by atoms with E-state index < -0.39 is 23.3 Å². The number of carbonyl (C=O) groups excluding carboxylic acids is 3. The lowest BCUT2D eigenvalue weighted by Gasteiger charge is -2.37. The van der Waals surface area contributed by atoms with E-state index in [9.17, 15) is 14.4 Å². The first-order valence-electron chi connectivity index (χ1n) is 8.75. The molecule has 1 aromatic heterocycles. The molecule has 1 spiro atoms. The summed E-state index contributed by atoms with van der Waals surface area (Å²) in [6.45, 7) is 1.83. The first kappa shape index (κ1) is 17.2. The summed E-state index contributed by atoms with van der Waals surface area (Å²) in [6.07, 6.45) is 1.86.